The normalized spacial score (nSPS) is 11.7. The van der Waals surface area contributed by atoms with Gasteiger partial charge in [0.05, 0.1) is 16.4 Å². The van der Waals surface area contributed by atoms with Crippen molar-refractivity contribution in [3.05, 3.63) is 84.4 Å². The number of benzene rings is 3. The van der Waals surface area contributed by atoms with Crippen LogP contribution in [0.3, 0.4) is 0 Å². The minimum absolute atomic E-state index is 0.0939. The van der Waals surface area contributed by atoms with E-state index in [-0.39, 0.29) is 5.54 Å². The third kappa shape index (κ3) is 3.45. The van der Waals surface area contributed by atoms with Gasteiger partial charge in [-0.15, -0.1) is 0 Å². The molecule has 0 aliphatic rings. The number of hydrogen-bond acceptors (Lipinski definition) is 2. The van der Waals surface area contributed by atoms with Crippen LogP contribution in [0.1, 0.15) is 26.3 Å². The van der Waals surface area contributed by atoms with Crippen LogP contribution in [0.15, 0.2) is 78.9 Å². The highest BCUT2D eigenvalue weighted by atomic mass is 15.3. The summed E-state index contributed by atoms with van der Waals surface area (Å²) in [7, 11) is 0. The molecule has 1 heterocycles. The van der Waals surface area contributed by atoms with Crippen LogP contribution in [0.5, 0.6) is 0 Å². The molecule has 1 aromatic heterocycles. The van der Waals surface area contributed by atoms with Crippen molar-refractivity contribution in [1.82, 2.24) is 9.78 Å². The Morgan fingerprint density at radius 2 is 1.48 bits per heavy atom. The molecule has 0 spiro atoms. The molecule has 0 amide bonds. The van der Waals surface area contributed by atoms with Crippen molar-refractivity contribution in [3.63, 3.8) is 0 Å². The predicted octanol–water partition coefficient (Wildman–Crippen LogP) is 6.07. The Morgan fingerprint density at radius 3 is 2.15 bits per heavy atom. The molecule has 0 fully saturated rings. The van der Waals surface area contributed by atoms with Gasteiger partial charge in [-0.3, -0.25) is 4.68 Å². The summed E-state index contributed by atoms with van der Waals surface area (Å²) in [5, 5.41) is 9.82. The van der Waals surface area contributed by atoms with Gasteiger partial charge < -0.3 is 5.32 Å². The summed E-state index contributed by atoms with van der Waals surface area (Å²) >= 11 is 0. The number of aromatic nitrogens is 2. The van der Waals surface area contributed by atoms with E-state index >= 15 is 0 Å². The molecule has 27 heavy (non-hydrogen) atoms. The quantitative estimate of drug-likeness (QED) is 0.481. The maximum absolute atomic E-state index is 5.02. The highest BCUT2D eigenvalue weighted by Gasteiger charge is 2.22. The Hall–Kier alpha value is -3.07. The zero-order valence-electron chi connectivity index (χ0n) is 16.1. The van der Waals surface area contributed by atoms with Gasteiger partial charge in [-0.05, 0) is 38.5 Å². The number of hydrogen-bond donors (Lipinski definition) is 1. The topological polar surface area (TPSA) is 29.9 Å². The second-order valence-electron chi connectivity index (χ2n) is 7.84. The predicted molar refractivity (Wildman–Crippen MR) is 114 cm³/mol. The maximum Gasteiger partial charge on any atom is 0.102 e. The zero-order valence-corrected chi connectivity index (χ0v) is 16.1. The third-order valence-corrected chi connectivity index (χ3v) is 4.72. The van der Waals surface area contributed by atoms with Crippen molar-refractivity contribution in [1.29, 1.82) is 0 Å². The molecule has 0 bridgehead atoms. The fraction of sp³-hybridized carbons (Fsp3) is 0.208. The van der Waals surface area contributed by atoms with Crippen LogP contribution in [0.25, 0.3) is 22.2 Å². The number of rotatable bonds is 4. The van der Waals surface area contributed by atoms with Gasteiger partial charge in [0, 0.05) is 17.8 Å². The molecule has 4 rings (SSSR count). The first-order valence-electron chi connectivity index (χ1n) is 9.39. The minimum Gasteiger partial charge on any atom is -0.380 e. The third-order valence-electron chi connectivity index (χ3n) is 4.72. The molecular weight excluding hydrogens is 330 g/mol. The second kappa shape index (κ2) is 6.92. The number of anilines is 1. The monoisotopic (exact) mass is 355 g/mol. The fourth-order valence-electron chi connectivity index (χ4n) is 3.42. The average molecular weight is 355 g/mol. The molecule has 0 aliphatic carbocycles. The fourth-order valence-corrected chi connectivity index (χ4v) is 3.42. The lowest BCUT2D eigenvalue weighted by Crippen LogP contribution is -2.22. The Labute approximate surface area is 160 Å². The minimum atomic E-state index is -0.0939. The van der Waals surface area contributed by atoms with Gasteiger partial charge in [0.2, 0.25) is 0 Å². The van der Waals surface area contributed by atoms with Gasteiger partial charge >= 0.3 is 0 Å². The summed E-state index contributed by atoms with van der Waals surface area (Å²) in [6.45, 7) is 7.36. The van der Waals surface area contributed by atoms with Gasteiger partial charge in [-0.1, -0.05) is 66.7 Å². The maximum atomic E-state index is 5.02. The molecule has 136 valence electrons. The molecule has 4 aromatic rings. The lowest BCUT2D eigenvalue weighted by molar-refractivity contribution is 0.369. The molecular formula is C24H25N3. The molecule has 0 atom stereocenters. The first-order chi connectivity index (χ1) is 13.0. The molecule has 0 radical (unpaired) electrons. The lowest BCUT2D eigenvalue weighted by atomic mass is 10.1. The van der Waals surface area contributed by atoms with Crippen LogP contribution in [-0.2, 0) is 12.1 Å². The lowest BCUT2D eigenvalue weighted by Gasteiger charge is -2.20. The Kier molecular flexibility index (Phi) is 4.44. The van der Waals surface area contributed by atoms with Crippen molar-refractivity contribution in [2.45, 2.75) is 32.9 Å². The van der Waals surface area contributed by atoms with E-state index in [4.69, 9.17) is 5.10 Å². The summed E-state index contributed by atoms with van der Waals surface area (Å²) in [5.74, 6) is 0. The van der Waals surface area contributed by atoms with Crippen LogP contribution in [0.2, 0.25) is 0 Å². The Balaban J connectivity index is 1.86. The van der Waals surface area contributed by atoms with Crippen LogP contribution >= 0.6 is 0 Å². The van der Waals surface area contributed by atoms with E-state index in [0.717, 1.165) is 29.0 Å². The molecule has 0 unspecified atom stereocenters. The largest absolute Gasteiger partial charge is 0.380 e. The standard InChI is InChI=1S/C24H25N3/c1-24(2,3)27-21-16-10-15-20(25-17-18-11-6-4-7-12-18)22(21)23(26-27)19-13-8-5-9-14-19/h4-16,25H,17H2,1-3H3. The van der Waals surface area contributed by atoms with E-state index in [2.05, 4.69) is 97.5 Å². The number of nitrogens with zero attached hydrogens (tertiary/aromatic N) is 2. The van der Waals surface area contributed by atoms with E-state index in [0.29, 0.717) is 0 Å². The summed E-state index contributed by atoms with van der Waals surface area (Å²) in [6.07, 6.45) is 0. The van der Waals surface area contributed by atoms with Gasteiger partial charge in [0.15, 0.2) is 0 Å². The molecule has 3 nitrogen and oxygen atoms in total. The van der Waals surface area contributed by atoms with Crippen molar-refractivity contribution in [2.24, 2.45) is 0 Å². The summed E-state index contributed by atoms with van der Waals surface area (Å²) in [5.41, 5.74) is 5.60. The molecule has 0 saturated carbocycles. The van der Waals surface area contributed by atoms with E-state index in [9.17, 15) is 0 Å². The van der Waals surface area contributed by atoms with Crippen LogP contribution in [0.4, 0.5) is 5.69 Å². The van der Waals surface area contributed by atoms with Crippen LogP contribution < -0.4 is 5.32 Å². The van der Waals surface area contributed by atoms with Gasteiger partial charge in [0.1, 0.15) is 5.69 Å². The van der Waals surface area contributed by atoms with Crippen LogP contribution in [-0.4, -0.2) is 9.78 Å². The molecule has 1 N–H and O–H groups in total. The average Bonchev–Trinajstić information content (AvgIpc) is 3.09. The van der Waals surface area contributed by atoms with E-state index < -0.39 is 0 Å². The Morgan fingerprint density at radius 1 is 0.815 bits per heavy atom. The second-order valence-corrected chi connectivity index (χ2v) is 7.84. The number of nitrogens with one attached hydrogen (secondary N) is 1. The molecule has 0 saturated heterocycles. The summed E-state index contributed by atoms with van der Waals surface area (Å²) in [4.78, 5) is 0. The van der Waals surface area contributed by atoms with Gasteiger partial charge in [0.25, 0.3) is 0 Å². The first-order valence-corrected chi connectivity index (χ1v) is 9.39. The first kappa shape index (κ1) is 17.3. The SMILES string of the molecule is CC(C)(C)n1nc(-c2ccccc2)c2c(NCc3ccccc3)cccc21. The van der Waals surface area contributed by atoms with E-state index in [1.165, 1.54) is 10.9 Å². The van der Waals surface area contributed by atoms with Crippen molar-refractivity contribution >= 4 is 16.6 Å². The van der Waals surface area contributed by atoms with Gasteiger partial charge in [-0.25, -0.2) is 0 Å². The van der Waals surface area contributed by atoms with Crippen molar-refractivity contribution < 1.29 is 0 Å². The number of fused-ring (bicyclic) bond motifs is 1. The van der Waals surface area contributed by atoms with E-state index in [1.807, 2.05) is 12.1 Å². The molecule has 0 aliphatic heterocycles. The smallest absolute Gasteiger partial charge is 0.102 e. The van der Waals surface area contributed by atoms with Crippen molar-refractivity contribution in [2.75, 3.05) is 5.32 Å². The molecule has 3 heteroatoms. The zero-order chi connectivity index (χ0) is 18.9. The van der Waals surface area contributed by atoms with Crippen LogP contribution in [0, 0.1) is 0 Å². The highest BCUT2D eigenvalue weighted by Crippen LogP contribution is 2.36. The summed E-state index contributed by atoms with van der Waals surface area (Å²) in [6, 6.07) is 27.3. The summed E-state index contributed by atoms with van der Waals surface area (Å²) < 4.78 is 2.14. The Bertz CT molecular complexity index is 1040. The highest BCUT2D eigenvalue weighted by molar-refractivity contribution is 6.02. The molecule has 3 aromatic carbocycles. The van der Waals surface area contributed by atoms with Gasteiger partial charge in [-0.2, -0.15) is 5.10 Å². The van der Waals surface area contributed by atoms with E-state index in [1.54, 1.807) is 0 Å². The van der Waals surface area contributed by atoms with Crippen molar-refractivity contribution in [3.8, 4) is 11.3 Å².